The van der Waals surface area contributed by atoms with Crippen molar-refractivity contribution in [2.24, 2.45) is 4.99 Å². The normalized spacial score (nSPS) is 15.9. The van der Waals surface area contributed by atoms with Crippen molar-refractivity contribution in [3.05, 3.63) is 89.9 Å². The molecule has 0 N–H and O–H groups in total. The Labute approximate surface area is 192 Å². The third-order valence-electron chi connectivity index (χ3n) is 6.26. The van der Waals surface area contributed by atoms with Crippen LogP contribution >= 0.6 is 0 Å². The van der Waals surface area contributed by atoms with Crippen molar-refractivity contribution in [1.82, 2.24) is 9.97 Å². The fraction of sp³-hybridized carbons (Fsp3) is 0.345. The topological polar surface area (TPSA) is 38.1 Å². The van der Waals surface area contributed by atoms with Crippen molar-refractivity contribution < 1.29 is 0 Å². The van der Waals surface area contributed by atoms with E-state index in [2.05, 4.69) is 61.3 Å². The molecule has 0 saturated carbocycles. The van der Waals surface area contributed by atoms with Crippen LogP contribution in [0.5, 0.6) is 0 Å². The van der Waals surface area contributed by atoms with Gasteiger partial charge in [-0.05, 0) is 79.3 Å². The Kier molecular flexibility index (Phi) is 7.60. The second-order valence-electron chi connectivity index (χ2n) is 8.72. The second-order valence-corrected chi connectivity index (χ2v) is 8.72. The summed E-state index contributed by atoms with van der Waals surface area (Å²) in [5.41, 5.74) is 7.64. The lowest BCUT2D eigenvalue weighted by molar-refractivity contribution is 0.678. The zero-order valence-corrected chi connectivity index (χ0v) is 19.3. The molecule has 2 aromatic heterocycles. The molecule has 1 atom stereocenters. The molecule has 164 valence electrons. The SMILES string of the molecule is CC/C=C(/CCCCCc1ccccc1)C1=Nc2ncc(-c3ccncc3)cc2[C@H](C)C1. The van der Waals surface area contributed by atoms with Crippen LogP contribution in [0.15, 0.2) is 83.8 Å². The standard InChI is InChI=1S/C29H33N3/c1-3-10-25(14-9-5-8-13-23-11-6-4-7-12-23)28-19-22(2)27-20-26(21-31-29(27)32-28)24-15-17-30-18-16-24/h4,6-7,10-12,15-18,20-22H,3,5,8-9,13-14,19H2,1-2H3/b25-10-/t22-/m1/s1. The molecular weight excluding hydrogens is 390 g/mol. The first-order chi connectivity index (χ1) is 15.7. The van der Waals surface area contributed by atoms with E-state index in [-0.39, 0.29) is 0 Å². The van der Waals surface area contributed by atoms with E-state index in [0.29, 0.717) is 5.92 Å². The minimum Gasteiger partial charge on any atom is -0.265 e. The van der Waals surface area contributed by atoms with Crippen LogP contribution in [0.4, 0.5) is 5.82 Å². The molecule has 1 aliphatic heterocycles. The number of hydrogen-bond acceptors (Lipinski definition) is 3. The van der Waals surface area contributed by atoms with E-state index in [9.17, 15) is 0 Å². The molecule has 1 aromatic carbocycles. The van der Waals surface area contributed by atoms with E-state index in [1.54, 1.807) is 0 Å². The molecule has 3 heterocycles. The van der Waals surface area contributed by atoms with Gasteiger partial charge in [0.25, 0.3) is 0 Å². The largest absolute Gasteiger partial charge is 0.265 e. The van der Waals surface area contributed by atoms with E-state index in [1.807, 2.05) is 30.7 Å². The summed E-state index contributed by atoms with van der Waals surface area (Å²) in [6.45, 7) is 4.52. The summed E-state index contributed by atoms with van der Waals surface area (Å²) in [6.07, 6.45) is 16.0. The molecule has 1 aliphatic rings. The van der Waals surface area contributed by atoms with Gasteiger partial charge >= 0.3 is 0 Å². The van der Waals surface area contributed by atoms with Gasteiger partial charge in [0.1, 0.15) is 0 Å². The number of unbranched alkanes of at least 4 members (excludes halogenated alkanes) is 2. The average molecular weight is 424 g/mol. The first kappa shape index (κ1) is 22.1. The number of rotatable bonds is 9. The van der Waals surface area contributed by atoms with Gasteiger partial charge in [0.15, 0.2) is 5.82 Å². The lowest BCUT2D eigenvalue weighted by Crippen LogP contribution is -2.13. The van der Waals surface area contributed by atoms with Crippen LogP contribution in [0.25, 0.3) is 11.1 Å². The number of fused-ring (bicyclic) bond motifs is 1. The van der Waals surface area contributed by atoms with Gasteiger partial charge in [0, 0.05) is 35.4 Å². The van der Waals surface area contributed by atoms with Gasteiger partial charge in [-0.1, -0.05) is 56.7 Å². The Morgan fingerprint density at radius 2 is 1.81 bits per heavy atom. The van der Waals surface area contributed by atoms with Gasteiger partial charge in [-0.25, -0.2) is 9.98 Å². The summed E-state index contributed by atoms with van der Waals surface area (Å²) in [6, 6.07) is 17.1. The molecule has 0 saturated heterocycles. The van der Waals surface area contributed by atoms with E-state index in [4.69, 9.17) is 9.98 Å². The minimum atomic E-state index is 0.421. The molecule has 0 aliphatic carbocycles. The van der Waals surface area contributed by atoms with Crippen LogP contribution in [-0.4, -0.2) is 15.7 Å². The van der Waals surface area contributed by atoms with E-state index < -0.39 is 0 Å². The lowest BCUT2D eigenvalue weighted by atomic mass is 9.87. The van der Waals surface area contributed by atoms with Crippen LogP contribution in [0.1, 0.15) is 69.4 Å². The average Bonchev–Trinajstić information content (AvgIpc) is 2.84. The molecule has 32 heavy (non-hydrogen) atoms. The molecule has 0 fully saturated rings. The highest BCUT2D eigenvalue weighted by molar-refractivity contribution is 6.03. The highest BCUT2D eigenvalue weighted by Gasteiger charge is 2.22. The predicted octanol–water partition coefficient (Wildman–Crippen LogP) is 7.86. The Balaban J connectivity index is 1.42. The minimum absolute atomic E-state index is 0.421. The maximum Gasteiger partial charge on any atom is 0.155 e. The van der Waals surface area contributed by atoms with Crippen molar-refractivity contribution >= 4 is 11.5 Å². The fourth-order valence-corrected chi connectivity index (χ4v) is 4.49. The summed E-state index contributed by atoms with van der Waals surface area (Å²) < 4.78 is 0. The maximum atomic E-state index is 5.02. The Hall–Kier alpha value is -3.07. The number of hydrogen-bond donors (Lipinski definition) is 0. The third-order valence-corrected chi connectivity index (χ3v) is 6.26. The first-order valence-electron chi connectivity index (χ1n) is 12.0. The number of aryl methyl sites for hydroxylation is 1. The van der Waals surface area contributed by atoms with E-state index >= 15 is 0 Å². The molecule has 0 bridgehead atoms. The number of aromatic nitrogens is 2. The number of aliphatic imine (C=N–C) groups is 1. The van der Waals surface area contributed by atoms with Crippen molar-refractivity contribution in [2.45, 2.75) is 64.7 Å². The Morgan fingerprint density at radius 1 is 1.00 bits per heavy atom. The van der Waals surface area contributed by atoms with E-state index in [0.717, 1.165) is 36.2 Å². The molecule has 4 rings (SSSR count). The Morgan fingerprint density at radius 3 is 2.59 bits per heavy atom. The van der Waals surface area contributed by atoms with Crippen molar-refractivity contribution in [3.8, 4) is 11.1 Å². The van der Waals surface area contributed by atoms with Crippen molar-refractivity contribution in [1.29, 1.82) is 0 Å². The number of benzene rings is 1. The molecule has 0 amide bonds. The molecule has 3 heteroatoms. The molecular formula is C29H33N3. The van der Waals surface area contributed by atoms with Gasteiger partial charge < -0.3 is 0 Å². The van der Waals surface area contributed by atoms with Crippen LogP contribution in [0.3, 0.4) is 0 Å². The summed E-state index contributed by atoms with van der Waals surface area (Å²) >= 11 is 0. The zero-order valence-electron chi connectivity index (χ0n) is 19.3. The molecule has 0 unspecified atom stereocenters. The number of allylic oxidation sites excluding steroid dienone is 2. The first-order valence-corrected chi connectivity index (χ1v) is 12.0. The van der Waals surface area contributed by atoms with Crippen LogP contribution in [-0.2, 0) is 6.42 Å². The summed E-state index contributed by atoms with van der Waals surface area (Å²) in [4.78, 5) is 13.9. The highest BCUT2D eigenvalue weighted by Crippen LogP contribution is 2.37. The smallest absolute Gasteiger partial charge is 0.155 e. The summed E-state index contributed by atoms with van der Waals surface area (Å²) in [5.74, 6) is 1.31. The summed E-state index contributed by atoms with van der Waals surface area (Å²) in [7, 11) is 0. The predicted molar refractivity (Wildman–Crippen MR) is 135 cm³/mol. The van der Waals surface area contributed by atoms with Crippen molar-refractivity contribution in [3.63, 3.8) is 0 Å². The highest BCUT2D eigenvalue weighted by atomic mass is 14.9. The van der Waals surface area contributed by atoms with E-state index in [1.165, 1.54) is 48.1 Å². The van der Waals surface area contributed by atoms with Gasteiger partial charge in [-0.2, -0.15) is 0 Å². The molecule has 3 nitrogen and oxygen atoms in total. The quantitative estimate of drug-likeness (QED) is 0.328. The van der Waals surface area contributed by atoms with Gasteiger partial charge in [0.05, 0.1) is 0 Å². The van der Waals surface area contributed by atoms with Crippen LogP contribution < -0.4 is 0 Å². The van der Waals surface area contributed by atoms with Crippen LogP contribution in [0, 0.1) is 0 Å². The number of pyridine rings is 2. The van der Waals surface area contributed by atoms with Crippen molar-refractivity contribution in [2.75, 3.05) is 0 Å². The zero-order chi connectivity index (χ0) is 22.2. The van der Waals surface area contributed by atoms with Crippen LogP contribution in [0.2, 0.25) is 0 Å². The fourth-order valence-electron chi connectivity index (χ4n) is 4.49. The summed E-state index contributed by atoms with van der Waals surface area (Å²) in [5, 5.41) is 0. The Bertz CT molecular complexity index is 1070. The molecule has 3 aromatic rings. The van der Waals surface area contributed by atoms with Gasteiger partial charge in [-0.15, -0.1) is 0 Å². The second kappa shape index (κ2) is 11.0. The lowest BCUT2D eigenvalue weighted by Gasteiger charge is -2.23. The van der Waals surface area contributed by atoms with Gasteiger partial charge in [-0.3, -0.25) is 4.98 Å². The molecule has 0 radical (unpaired) electrons. The monoisotopic (exact) mass is 423 g/mol. The van der Waals surface area contributed by atoms with Gasteiger partial charge in [0.2, 0.25) is 0 Å². The number of nitrogens with zero attached hydrogens (tertiary/aromatic N) is 3. The molecule has 0 spiro atoms. The maximum absolute atomic E-state index is 5.02. The third kappa shape index (κ3) is 5.59.